The molecule has 0 fully saturated rings. The van der Waals surface area contributed by atoms with Crippen LogP contribution >= 0.6 is 0 Å². The third-order valence-electron chi connectivity index (χ3n) is 8.06. The molecule has 4 heterocycles. The lowest BCUT2D eigenvalue weighted by Gasteiger charge is -2.16. The van der Waals surface area contributed by atoms with Gasteiger partial charge in [-0.15, -0.1) is 0 Å². The predicted molar refractivity (Wildman–Crippen MR) is 180 cm³/mol. The van der Waals surface area contributed by atoms with Crippen molar-refractivity contribution in [2.75, 3.05) is 4.72 Å². The number of halogens is 2. The third kappa shape index (κ3) is 6.76. The largest absolute Gasteiger partial charge is 0.480 e. The van der Waals surface area contributed by atoms with Crippen molar-refractivity contribution in [1.82, 2.24) is 34.2 Å². The Kier molecular flexibility index (Phi) is 9.09. The van der Waals surface area contributed by atoms with Crippen molar-refractivity contribution in [3.63, 3.8) is 0 Å². The fourth-order valence-corrected chi connectivity index (χ4v) is 6.30. The average molecular weight is 719 g/mol. The van der Waals surface area contributed by atoms with E-state index in [4.69, 9.17) is 0 Å². The van der Waals surface area contributed by atoms with E-state index in [0.717, 1.165) is 16.7 Å². The predicted octanol–water partition coefficient (Wildman–Crippen LogP) is 2.67. The Labute approximate surface area is 286 Å². The number of carboxylic acids is 1. The number of aromatic amines is 1. The van der Waals surface area contributed by atoms with Crippen molar-refractivity contribution in [2.45, 2.75) is 30.7 Å². The summed E-state index contributed by atoms with van der Waals surface area (Å²) < 4.78 is 61.7. The van der Waals surface area contributed by atoms with Gasteiger partial charge in [0.25, 0.3) is 21.5 Å². The lowest BCUT2D eigenvalue weighted by atomic mass is 10.1. The molecule has 0 saturated heterocycles. The summed E-state index contributed by atoms with van der Waals surface area (Å²) in [5.74, 6) is -5.45. The maximum absolute atomic E-state index is 15.1. The SMILES string of the molecule is CCc1cn(-c2ccc(S(=O)(=O)Nc3cc(F)c(C(=O)N[C@@H](Cc4ccc(-n5c(=O)c6ccncc6n(C)c5=O)nc4)C(=O)O)cc3F)cc2)[nH]1. The van der Waals surface area contributed by atoms with Crippen molar-refractivity contribution < 1.29 is 31.9 Å². The summed E-state index contributed by atoms with van der Waals surface area (Å²) in [6, 6.07) is 9.05. The highest BCUT2D eigenvalue weighted by Gasteiger charge is 2.26. The van der Waals surface area contributed by atoms with Gasteiger partial charge in [0.05, 0.1) is 38.9 Å². The average Bonchev–Trinajstić information content (AvgIpc) is 3.08. The first-order valence-corrected chi connectivity index (χ1v) is 16.7. The number of carboxylic acid groups (broad SMARTS) is 1. The van der Waals surface area contributed by atoms with Gasteiger partial charge in [-0.2, -0.15) is 0 Å². The summed E-state index contributed by atoms with van der Waals surface area (Å²) in [6.07, 6.45) is 6.25. The zero-order valence-corrected chi connectivity index (χ0v) is 27.6. The molecule has 0 unspecified atom stereocenters. The molecule has 6 aromatic rings. The van der Waals surface area contributed by atoms with Crippen LogP contribution in [0.4, 0.5) is 14.5 Å². The summed E-state index contributed by atoms with van der Waals surface area (Å²) in [5, 5.41) is 15.2. The lowest BCUT2D eigenvalue weighted by molar-refractivity contribution is -0.139. The van der Waals surface area contributed by atoms with E-state index >= 15 is 8.78 Å². The van der Waals surface area contributed by atoms with Crippen LogP contribution in [0.3, 0.4) is 0 Å². The van der Waals surface area contributed by atoms with E-state index in [0.29, 0.717) is 23.3 Å². The van der Waals surface area contributed by atoms with Gasteiger partial charge in [-0.25, -0.2) is 36.3 Å². The molecule has 0 spiro atoms. The Hall–Kier alpha value is -6.43. The molecule has 6 rings (SSSR count). The first kappa shape index (κ1) is 34.4. The van der Waals surface area contributed by atoms with Crippen molar-refractivity contribution in [2.24, 2.45) is 7.05 Å². The first-order valence-electron chi connectivity index (χ1n) is 15.2. The van der Waals surface area contributed by atoms with Crippen molar-refractivity contribution >= 4 is 38.5 Å². The summed E-state index contributed by atoms with van der Waals surface area (Å²) in [7, 11) is -2.91. The smallest absolute Gasteiger partial charge is 0.337 e. The number of nitrogens with one attached hydrogen (secondary N) is 3. The number of carbonyl (C=O) groups is 2. The molecule has 2 aromatic carbocycles. The van der Waals surface area contributed by atoms with Gasteiger partial charge >= 0.3 is 11.7 Å². The topological polar surface area (TPSA) is 203 Å². The highest BCUT2D eigenvalue weighted by Crippen LogP contribution is 2.24. The maximum Gasteiger partial charge on any atom is 0.337 e. The summed E-state index contributed by atoms with van der Waals surface area (Å²) in [5.41, 5.74) is -0.760. The number of benzene rings is 2. The minimum atomic E-state index is -4.37. The van der Waals surface area contributed by atoms with E-state index in [1.54, 1.807) is 4.68 Å². The first-order chi connectivity index (χ1) is 24.3. The van der Waals surface area contributed by atoms with Gasteiger partial charge in [0.2, 0.25) is 0 Å². The number of amides is 1. The number of aryl methyl sites for hydroxylation is 2. The van der Waals surface area contributed by atoms with E-state index in [1.807, 2.05) is 17.8 Å². The van der Waals surface area contributed by atoms with Crippen LogP contribution < -0.4 is 21.3 Å². The third-order valence-corrected chi connectivity index (χ3v) is 9.44. The zero-order valence-electron chi connectivity index (χ0n) is 26.8. The van der Waals surface area contributed by atoms with Gasteiger partial charge in [0.15, 0.2) is 0 Å². The van der Waals surface area contributed by atoms with E-state index in [2.05, 4.69) is 20.4 Å². The minimum absolute atomic E-state index is 0.0452. The van der Waals surface area contributed by atoms with Crippen LogP contribution in [0.5, 0.6) is 0 Å². The normalized spacial score (nSPS) is 12.2. The Bertz CT molecular complexity index is 2530. The Morgan fingerprint density at radius 1 is 1.02 bits per heavy atom. The Morgan fingerprint density at radius 2 is 1.75 bits per heavy atom. The molecule has 1 atom stereocenters. The standard InChI is InChI=1S/C33H28F2N8O7S/c1-3-19-17-42(39-19)20-5-7-21(8-6-20)51(49,50)40-26-14-24(34)23(13-25(26)35)30(44)38-27(32(46)47)12-18-4-9-29(37-15-18)43-31(45)22-10-11-36-16-28(22)41(2)33(43)48/h4-11,13-17,27,39-40H,3,12H2,1-2H3,(H,38,44)(H,46,47)/t27-/m0/s1. The maximum atomic E-state index is 15.1. The molecule has 15 nitrogen and oxygen atoms in total. The van der Waals surface area contributed by atoms with Gasteiger partial charge in [-0.1, -0.05) is 13.0 Å². The quantitative estimate of drug-likeness (QED) is 0.155. The molecule has 262 valence electrons. The summed E-state index contributed by atoms with van der Waals surface area (Å²) in [6.45, 7) is 1.97. The van der Waals surface area contributed by atoms with E-state index in [-0.39, 0.29) is 28.1 Å². The number of rotatable bonds is 11. The van der Waals surface area contributed by atoms with Crippen LogP contribution in [-0.4, -0.2) is 60.3 Å². The lowest BCUT2D eigenvalue weighted by Crippen LogP contribution is -2.42. The molecule has 51 heavy (non-hydrogen) atoms. The Balaban J connectivity index is 1.16. The number of pyridine rings is 2. The second-order valence-electron chi connectivity index (χ2n) is 11.4. The van der Waals surface area contributed by atoms with Crippen LogP contribution in [0.2, 0.25) is 0 Å². The van der Waals surface area contributed by atoms with E-state index in [1.165, 1.54) is 72.7 Å². The number of hydrogen-bond donors (Lipinski definition) is 4. The number of aliphatic carboxylic acids is 1. The van der Waals surface area contributed by atoms with Crippen LogP contribution in [0, 0.1) is 11.6 Å². The molecule has 0 bridgehead atoms. The molecular formula is C33H28F2N8O7S. The number of anilines is 1. The van der Waals surface area contributed by atoms with Crippen molar-refractivity contribution in [1.29, 1.82) is 0 Å². The molecule has 0 aliphatic rings. The number of fused-ring (bicyclic) bond motifs is 1. The van der Waals surface area contributed by atoms with Gasteiger partial charge in [-0.3, -0.25) is 33.6 Å². The van der Waals surface area contributed by atoms with Crippen molar-refractivity contribution in [3.8, 4) is 11.5 Å². The van der Waals surface area contributed by atoms with E-state index < -0.39 is 62.1 Å². The number of sulfonamides is 1. The van der Waals surface area contributed by atoms with Crippen LogP contribution in [0.25, 0.3) is 22.4 Å². The highest BCUT2D eigenvalue weighted by molar-refractivity contribution is 7.92. The monoisotopic (exact) mass is 718 g/mol. The number of nitrogens with zero attached hydrogens (tertiary/aromatic N) is 5. The molecule has 0 radical (unpaired) electrons. The number of H-pyrrole nitrogens is 1. The number of aromatic nitrogens is 6. The highest BCUT2D eigenvalue weighted by atomic mass is 32.2. The second kappa shape index (κ2) is 13.5. The molecule has 4 aromatic heterocycles. The second-order valence-corrected chi connectivity index (χ2v) is 13.1. The van der Waals surface area contributed by atoms with Gasteiger partial charge < -0.3 is 10.4 Å². The van der Waals surface area contributed by atoms with Gasteiger partial charge in [-0.05, 0) is 54.4 Å². The van der Waals surface area contributed by atoms with Crippen LogP contribution in [0.1, 0.15) is 28.5 Å². The number of carbonyl (C=O) groups excluding carboxylic acids is 1. The fourth-order valence-electron chi connectivity index (χ4n) is 5.24. The molecule has 18 heteroatoms. The molecule has 0 saturated carbocycles. The summed E-state index contributed by atoms with van der Waals surface area (Å²) in [4.78, 5) is 58.7. The molecule has 1 amide bonds. The van der Waals surface area contributed by atoms with Crippen molar-refractivity contribution in [3.05, 3.63) is 129 Å². The Morgan fingerprint density at radius 3 is 2.39 bits per heavy atom. The minimum Gasteiger partial charge on any atom is -0.480 e. The molecule has 4 N–H and O–H groups in total. The van der Waals surface area contributed by atoms with E-state index in [9.17, 15) is 32.7 Å². The molecule has 0 aliphatic heterocycles. The van der Waals surface area contributed by atoms with Crippen LogP contribution in [-0.2, 0) is 34.7 Å². The zero-order chi connectivity index (χ0) is 36.6. The van der Waals surface area contributed by atoms with Crippen LogP contribution in [0.15, 0.2) is 93.9 Å². The summed E-state index contributed by atoms with van der Waals surface area (Å²) >= 11 is 0. The molecular weight excluding hydrogens is 690 g/mol. The fraction of sp³-hybridized carbons (Fsp3) is 0.152. The number of hydrogen-bond acceptors (Lipinski definition) is 8. The van der Waals surface area contributed by atoms with Gasteiger partial charge in [0.1, 0.15) is 23.5 Å². The van der Waals surface area contributed by atoms with Gasteiger partial charge in [0, 0.05) is 43.8 Å². The molecule has 0 aliphatic carbocycles.